The number of hydrazone groups is 1. The van der Waals surface area contributed by atoms with Crippen LogP contribution in [0.2, 0.25) is 0 Å². The van der Waals surface area contributed by atoms with Gasteiger partial charge in [0.15, 0.2) is 0 Å². The minimum atomic E-state index is -0.427. The predicted octanol–water partition coefficient (Wildman–Crippen LogP) is 3.49. The Morgan fingerprint density at radius 2 is 2.06 bits per heavy atom. The van der Waals surface area contributed by atoms with Crippen molar-refractivity contribution in [1.29, 1.82) is 0 Å². The van der Waals surface area contributed by atoms with Crippen LogP contribution in [0, 0.1) is 10.1 Å². The van der Waals surface area contributed by atoms with Crippen molar-refractivity contribution in [1.82, 2.24) is 0 Å². The third kappa shape index (κ3) is 2.92. The van der Waals surface area contributed by atoms with Crippen LogP contribution in [0.5, 0.6) is 0 Å². The van der Waals surface area contributed by atoms with Gasteiger partial charge in [-0.1, -0.05) is 6.07 Å². The first-order valence-corrected chi connectivity index (χ1v) is 6.13. The number of rotatable bonds is 4. The number of benzene rings is 1. The van der Waals surface area contributed by atoms with E-state index in [1.54, 1.807) is 23.5 Å². The van der Waals surface area contributed by atoms with Gasteiger partial charge in [0, 0.05) is 17.0 Å². The second-order valence-electron chi connectivity index (χ2n) is 3.59. The number of hydrogen-bond acceptors (Lipinski definition) is 5. The van der Waals surface area contributed by atoms with Crippen molar-refractivity contribution in [2.75, 3.05) is 5.43 Å². The Morgan fingerprint density at radius 3 is 2.61 bits per heavy atom. The molecule has 0 saturated heterocycles. The predicted molar refractivity (Wildman–Crippen MR) is 73.2 cm³/mol. The van der Waals surface area contributed by atoms with Gasteiger partial charge in [0.1, 0.15) is 0 Å². The lowest BCUT2D eigenvalue weighted by Gasteiger charge is -2.01. The van der Waals surface area contributed by atoms with Gasteiger partial charge in [0.05, 0.1) is 16.3 Å². The molecule has 5 nitrogen and oxygen atoms in total. The van der Waals surface area contributed by atoms with E-state index in [1.807, 2.05) is 24.4 Å². The molecule has 6 heteroatoms. The Balaban J connectivity index is 2.06. The molecule has 2 rings (SSSR count). The molecule has 0 spiro atoms. The monoisotopic (exact) mass is 261 g/mol. The second-order valence-corrected chi connectivity index (χ2v) is 4.54. The van der Waals surface area contributed by atoms with Gasteiger partial charge >= 0.3 is 0 Å². The van der Waals surface area contributed by atoms with Crippen LogP contribution in [0.4, 0.5) is 11.4 Å². The van der Waals surface area contributed by atoms with Crippen molar-refractivity contribution in [3.8, 4) is 0 Å². The lowest BCUT2D eigenvalue weighted by Crippen LogP contribution is -1.97. The smallest absolute Gasteiger partial charge is 0.269 e. The molecule has 0 aliphatic carbocycles. The summed E-state index contributed by atoms with van der Waals surface area (Å²) >= 11 is 1.61. The highest BCUT2D eigenvalue weighted by Gasteiger charge is 2.03. The Hall–Kier alpha value is -2.21. The molecule has 0 amide bonds. The minimum Gasteiger partial charge on any atom is -0.278 e. The molecule has 2 aromatic rings. The number of nitrogens with zero attached hydrogens (tertiary/aromatic N) is 2. The molecule has 0 saturated carbocycles. The van der Waals surface area contributed by atoms with E-state index in [0.717, 1.165) is 16.3 Å². The number of anilines is 1. The topological polar surface area (TPSA) is 67.5 Å². The van der Waals surface area contributed by atoms with Crippen LogP contribution in [0.1, 0.15) is 11.8 Å². The van der Waals surface area contributed by atoms with Crippen molar-refractivity contribution in [2.45, 2.75) is 6.92 Å². The van der Waals surface area contributed by atoms with E-state index >= 15 is 0 Å². The maximum absolute atomic E-state index is 10.5. The Bertz CT molecular complexity index is 562. The molecule has 0 unspecified atom stereocenters. The zero-order chi connectivity index (χ0) is 13.0. The Kier molecular flexibility index (Phi) is 3.69. The molecular formula is C12H11N3O2S. The lowest BCUT2D eigenvalue weighted by molar-refractivity contribution is -0.384. The van der Waals surface area contributed by atoms with E-state index in [0.29, 0.717) is 0 Å². The Morgan fingerprint density at radius 1 is 1.33 bits per heavy atom. The molecule has 0 aliphatic heterocycles. The quantitative estimate of drug-likeness (QED) is 0.520. The van der Waals surface area contributed by atoms with Crippen LogP contribution in [-0.4, -0.2) is 10.6 Å². The average Bonchev–Trinajstić information content (AvgIpc) is 2.90. The summed E-state index contributed by atoms with van der Waals surface area (Å²) in [6.45, 7) is 1.91. The summed E-state index contributed by atoms with van der Waals surface area (Å²) in [6.07, 6.45) is 0. The van der Waals surface area contributed by atoms with Crippen LogP contribution < -0.4 is 5.43 Å². The average molecular weight is 261 g/mol. The summed E-state index contributed by atoms with van der Waals surface area (Å²) in [5, 5.41) is 16.7. The molecule has 1 aromatic carbocycles. The fourth-order valence-electron chi connectivity index (χ4n) is 1.35. The van der Waals surface area contributed by atoms with Crippen molar-refractivity contribution >= 4 is 28.4 Å². The number of hydrogen-bond donors (Lipinski definition) is 1. The fourth-order valence-corrected chi connectivity index (χ4v) is 2.02. The highest BCUT2D eigenvalue weighted by Crippen LogP contribution is 2.16. The largest absolute Gasteiger partial charge is 0.278 e. The first-order chi connectivity index (χ1) is 8.66. The second kappa shape index (κ2) is 5.42. The lowest BCUT2D eigenvalue weighted by atomic mass is 10.3. The Labute approximate surface area is 108 Å². The number of non-ortho nitro benzene ring substituents is 1. The SMILES string of the molecule is C/C(=N\Nc1ccc([N+](=O)[O-])cc1)c1cccs1. The molecule has 92 valence electrons. The summed E-state index contributed by atoms with van der Waals surface area (Å²) in [5.74, 6) is 0. The van der Waals surface area contributed by atoms with E-state index in [9.17, 15) is 10.1 Å². The van der Waals surface area contributed by atoms with Gasteiger partial charge in [-0.3, -0.25) is 15.5 Å². The summed E-state index contributed by atoms with van der Waals surface area (Å²) in [7, 11) is 0. The first kappa shape index (κ1) is 12.3. The summed E-state index contributed by atoms with van der Waals surface area (Å²) in [6, 6.07) is 10.1. The molecular weight excluding hydrogens is 250 g/mol. The third-order valence-corrected chi connectivity index (χ3v) is 3.29. The molecule has 0 fully saturated rings. The van der Waals surface area contributed by atoms with Crippen LogP contribution in [-0.2, 0) is 0 Å². The van der Waals surface area contributed by atoms with Crippen molar-refractivity contribution in [3.63, 3.8) is 0 Å². The van der Waals surface area contributed by atoms with Gasteiger partial charge in [-0.25, -0.2) is 0 Å². The summed E-state index contributed by atoms with van der Waals surface area (Å²) in [5.41, 5.74) is 4.54. The molecule has 1 aromatic heterocycles. The van der Waals surface area contributed by atoms with Crippen LogP contribution in [0.15, 0.2) is 46.9 Å². The molecule has 0 atom stereocenters. The zero-order valence-electron chi connectivity index (χ0n) is 9.66. The normalized spacial score (nSPS) is 11.3. The van der Waals surface area contributed by atoms with Crippen LogP contribution in [0.25, 0.3) is 0 Å². The maximum Gasteiger partial charge on any atom is 0.269 e. The number of nitro benzene ring substituents is 1. The molecule has 1 heterocycles. The van der Waals surface area contributed by atoms with Gasteiger partial charge in [-0.05, 0) is 30.5 Å². The standard InChI is InChI=1S/C12H11N3O2S/c1-9(12-3-2-8-18-12)13-14-10-4-6-11(7-5-10)15(16)17/h2-8,14H,1H3/b13-9+. The van der Waals surface area contributed by atoms with E-state index in [4.69, 9.17) is 0 Å². The maximum atomic E-state index is 10.5. The zero-order valence-corrected chi connectivity index (χ0v) is 10.5. The van der Waals surface area contributed by atoms with Crippen LogP contribution in [0.3, 0.4) is 0 Å². The van der Waals surface area contributed by atoms with Crippen LogP contribution >= 0.6 is 11.3 Å². The van der Waals surface area contributed by atoms with E-state index in [-0.39, 0.29) is 5.69 Å². The first-order valence-electron chi connectivity index (χ1n) is 5.25. The molecule has 18 heavy (non-hydrogen) atoms. The third-order valence-electron chi connectivity index (χ3n) is 2.31. The van der Waals surface area contributed by atoms with Gasteiger partial charge in [0.2, 0.25) is 0 Å². The summed E-state index contributed by atoms with van der Waals surface area (Å²) in [4.78, 5) is 11.2. The van der Waals surface area contributed by atoms with Gasteiger partial charge in [0.25, 0.3) is 5.69 Å². The highest BCUT2D eigenvalue weighted by atomic mass is 32.1. The number of thiophene rings is 1. The van der Waals surface area contributed by atoms with Gasteiger partial charge in [-0.2, -0.15) is 5.10 Å². The fraction of sp³-hybridized carbons (Fsp3) is 0.0833. The van der Waals surface area contributed by atoms with Gasteiger partial charge in [-0.15, -0.1) is 11.3 Å². The van der Waals surface area contributed by atoms with E-state index in [1.165, 1.54) is 12.1 Å². The van der Waals surface area contributed by atoms with Crippen molar-refractivity contribution in [3.05, 3.63) is 56.8 Å². The number of nitro groups is 1. The van der Waals surface area contributed by atoms with Crippen molar-refractivity contribution in [2.24, 2.45) is 5.10 Å². The van der Waals surface area contributed by atoms with E-state index in [2.05, 4.69) is 10.5 Å². The molecule has 0 radical (unpaired) electrons. The molecule has 0 bridgehead atoms. The molecule has 0 aliphatic rings. The summed E-state index contributed by atoms with van der Waals surface area (Å²) < 4.78 is 0. The molecule has 1 N–H and O–H groups in total. The highest BCUT2D eigenvalue weighted by molar-refractivity contribution is 7.12. The van der Waals surface area contributed by atoms with Gasteiger partial charge < -0.3 is 0 Å². The number of nitrogens with one attached hydrogen (secondary N) is 1. The van der Waals surface area contributed by atoms with Crippen molar-refractivity contribution < 1.29 is 4.92 Å². The minimum absolute atomic E-state index is 0.0690. The van der Waals surface area contributed by atoms with E-state index < -0.39 is 4.92 Å².